The van der Waals surface area contributed by atoms with Gasteiger partial charge in [0.25, 0.3) is 11.8 Å². The standard InChI is InChI=1S/C23H30N4O2/c1-18(27-15-13-26(14-16-27)17-21(28)24-2)23(29)25-22(19-9-5-3-6-10-19)20-11-7-4-8-12-20/h3-12,18,22H,13-17H2,1-2H3,(H,24,28)(H,25,29)/p+2/t18-/m1/s1. The highest BCUT2D eigenvalue weighted by Crippen LogP contribution is 2.21. The van der Waals surface area contributed by atoms with Crippen LogP contribution in [0.25, 0.3) is 0 Å². The molecule has 0 aromatic heterocycles. The number of likely N-dealkylation sites (N-methyl/N-ethyl adjacent to an activating group) is 1. The Bertz CT molecular complexity index is 750. The average molecular weight is 397 g/mol. The van der Waals surface area contributed by atoms with Crippen LogP contribution < -0.4 is 20.4 Å². The molecule has 1 heterocycles. The predicted molar refractivity (Wildman–Crippen MR) is 113 cm³/mol. The SMILES string of the molecule is CNC(=O)C[NH+]1CC[NH+]([C@H](C)C(=O)NC(c2ccccc2)c2ccccc2)CC1. The van der Waals surface area contributed by atoms with Crippen LogP contribution in [0.15, 0.2) is 60.7 Å². The maximum absolute atomic E-state index is 13.1. The van der Waals surface area contributed by atoms with Crippen molar-refractivity contribution in [1.29, 1.82) is 0 Å². The molecule has 3 rings (SSSR count). The van der Waals surface area contributed by atoms with E-state index in [1.807, 2.05) is 43.3 Å². The monoisotopic (exact) mass is 396 g/mol. The number of amides is 2. The lowest BCUT2D eigenvalue weighted by atomic mass is 9.98. The van der Waals surface area contributed by atoms with Gasteiger partial charge in [-0.2, -0.15) is 0 Å². The van der Waals surface area contributed by atoms with Gasteiger partial charge in [-0.05, 0) is 18.1 Å². The highest BCUT2D eigenvalue weighted by Gasteiger charge is 2.32. The van der Waals surface area contributed by atoms with Gasteiger partial charge in [-0.1, -0.05) is 60.7 Å². The summed E-state index contributed by atoms with van der Waals surface area (Å²) in [4.78, 5) is 27.3. The van der Waals surface area contributed by atoms with Crippen molar-refractivity contribution in [2.24, 2.45) is 0 Å². The van der Waals surface area contributed by atoms with Gasteiger partial charge in [-0.15, -0.1) is 0 Å². The van der Waals surface area contributed by atoms with E-state index in [4.69, 9.17) is 0 Å². The summed E-state index contributed by atoms with van der Waals surface area (Å²) in [5.74, 6) is 0.135. The van der Waals surface area contributed by atoms with Gasteiger partial charge < -0.3 is 20.4 Å². The molecule has 4 N–H and O–H groups in total. The van der Waals surface area contributed by atoms with E-state index in [1.165, 1.54) is 9.80 Å². The number of hydrogen-bond acceptors (Lipinski definition) is 2. The molecule has 0 spiro atoms. The number of carbonyl (C=O) groups excluding carboxylic acids is 2. The average Bonchev–Trinajstić information content (AvgIpc) is 2.78. The predicted octanol–water partition coefficient (Wildman–Crippen LogP) is -1.19. The van der Waals surface area contributed by atoms with Gasteiger partial charge >= 0.3 is 0 Å². The van der Waals surface area contributed by atoms with E-state index >= 15 is 0 Å². The molecule has 1 fully saturated rings. The Hall–Kier alpha value is -2.70. The van der Waals surface area contributed by atoms with Crippen LogP contribution in [0.1, 0.15) is 24.1 Å². The van der Waals surface area contributed by atoms with Crippen LogP contribution in [0, 0.1) is 0 Å². The molecule has 0 unspecified atom stereocenters. The van der Waals surface area contributed by atoms with Crippen LogP contribution in [0.5, 0.6) is 0 Å². The summed E-state index contributed by atoms with van der Waals surface area (Å²) in [6.45, 7) is 6.10. The smallest absolute Gasteiger partial charge is 0.278 e. The number of benzene rings is 2. The summed E-state index contributed by atoms with van der Waals surface area (Å²) in [5.41, 5.74) is 2.16. The molecule has 154 valence electrons. The number of quaternary nitrogens is 2. The van der Waals surface area contributed by atoms with Crippen molar-refractivity contribution in [3.63, 3.8) is 0 Å². The number of hydrogen-bond donors (Lipinski definition) is 4. The fourth-order valence-electron chi connectivity index (χ4n) is 3.95. The second kappa shape index (κ2) is 10.2. The Morgan fingerprint density at radius 3 is 1.90 bits per heavy atom. The molecule has 0 radical (unpaired) electrons. The largest absolute Gasteiger partial charge is 0.354 e. The lowest BCUT2D eigenvalue weighted by molar-refractivity contribution is -1.01. The fourth-order valence-corrected chi connectivity index (χ4v) is 3.95. The van der Waals surface area contributed by atoms with Gasteiger partial charge in [0, 0.05) is 7.05 Å². The third kappa shape index (κ3) is 5.65. The van der Waals surface area contributed by atoms with Gasteiger partial charge in [0.15, 0.2) is 12.6 Å². The quantitative estimate of drug-likeness (QED) is 0.476. The van der Waals surface area contributed by atoms with Crippen LogP contribution in [0.3, 0.4) is 0 Å². The Morgan fingerprint density at radius 2 is 1.41 bits per heavy atom. The van der Waals surface area contributed by atoms with E-state index in [9.17, 15) is 9.59 Å². The first kappa shape index (κ1) is 21.0. The topological polar surface area (TPSA) is 67.1 Å². The first-order valence-electron chi connectivity index (χ1n) is 10.4. The van der Waals surface area contributed by atoms with Crippen molar-refractivity contribution in [2.75, 3.05) is 39.8 Å². The molecule has 1 aliphatic rings. The molecule has 0 saturated carbocycles. The first-order valence-corrected chi connectivity index (χ1v) is 10.4. The van der Waals surface area contributed by atoms with E-state index in [0.29, 0.717) is 6.54 Å². The van der Waals surface area contributed by atoms with Gasteiger partial charge in [-0.25, -0.2) is 0 Å². The van der Waals surface area contributed by atoms with Gasteiger partial charge in [0.05, 0.1) is 6.04 Å². The summed E-state index contributed by atoms with van der Waals surface area (Å²) in [5, 5.41) is 5.96. The Kier molecular flexibility index (Phi) is 7.38. The highest BCUT2D eigenvalue weighted by atomic mass is 16.2. The molecule has 2 aromatic rings. The second-order valence-electron chi connectivity index (χ2n) is 7.74. The Labute approximate surface area is 172 Å². The zero-order chi connectivity index (χ0) is 20.6. The fraction of sp³-hybridized carbons (Fsp3) is 0.391. The molecular formula is C23H32N4O2+2. The zero-order valence-corrected chi connectivity index (χ0v) is 17.3. The highest BCUT2D eigenvalue weighted by molar-refractivity contribution is 5.81. The zero-order valence-electron chi connectivity index (χ0n) is 17.3. The molecule has 0 bridgehead atoms. The molecule has 6 nitrogen and oxygen atoms in total. The number of nitrogens with one attached hydrogen (secondary N) is 4. The Balaban J connectivity index is 1.63. The van der Waals surface area contributed by atoms with Crippen LogP contribution in [-0.2, 0) is 9.59 Å². The van der Waals surface area contributed by atoms with Gasteiger partial charge in [0.2, 0.25) is 0 Å². The Morgan fingerprint density at radius 1 is 0.897 bits per heavy atom. The molecule has 29 heavy (non-hydrogen) atoms. The molecule has 1 aliphatic heterocycles. The maximum Gasteiger partial charge on any atom is 0.278 e. The second-order valence-corrected chi connectivity index (χ2v) is 7.74. The van der Waals surface area contributed by atoms with Crippen molar-refractivity contribution >= 4 is 11.8 Å². The number of piperazine rings is 1. The van der Waals surface area contributed by atoms with E-state index in [2.05, 4.69) is 34.9 Å². The summed E-state index contributed by atoms with van der Waals surface area (Å²) in [7, 11) is 1.67. The van der Waals surface area contributed by atoms with Crippen molar-refractivity contribution in [2.45, 2.75) is 19.0 Å². The maximum atomic E-state index is 13.1. The van der Waals surface area contributed by atoms with E-state index < -0.39 is 0 Å². The molecule has 2 amide bonds. The lowest BCUT2D eigenvalue weighted by Crippen LogP contribution is -3.30. The first-order chi connectivity index (χ1) is 14.1. The number of rotatable bonds is 7. The molecule has 1 saturated heterocycles. The molecular weight excluding hydrogens is 364 g/mol. The molecule has 6 heteroatoms. The van der Waals surface area contributed by atoms with Gasteiger partial charge in [-0.3, -0.25) is 9.59 Å². The third-order valence-corrected chi connectivity index (χ3v) is 5.85. The normalized spacial score (nSPS) is 20.1. The molecule has 0 aliphatic carbocycles. The summed E-state index contributed by atoms with van der Waals surface area (Å²) < 4.78 is 0. The van der Waals surface area contributed by atoms with Gasteiger partial charge in [0.1, 0.15) is 26.2 Å². The van der Waals surface area contributed by atoms with Crippen molar-refractivity contribution in [3.8, 4) is 0 Å². The summed E-state index contributed by atoms with van der Waals surface area (Å²) >= 11 is 0. The summed E-state index contributed by atoms with van der Waals surface area (Å²) in [6, 6.07) is 19.9. The molecule has 1 atom stereocenters. The van der Waals surface area contributed by atoms with Crippen molar-refractivity contribution < 1.29 is 19.4 Å². The van der Waals surface area contributed by atoms with Crippen LogP contribution >= 0.6 is 0 Å². The third-order valence-electron chi connectivity index (χ3n) is 5.85. The number of carbonyl (C=O) groups is 2. The summed E-state index contributed by atoms with van der Waals surface area (Å²) in [6.07, 6.45) is 0. The van der Waals surface area contributed by atoms with Crippen molar-refractivity contribution in [1.82, 2.24) is 10.6 Å². The lowest BCUT2D eigenvalue weighted by Gasteiger charge is -2.33. The van der Waals surface area contributed by atoms with Crippen LogP contribution in [0.2, 0.25) is 0 Å². The van der Waals surface area contributed by atoms with Crippen LogP contribution in [-0.4, -0.2) is 57.6 Å². The minimum Gasteiger partial charge on any atom is -0.354 e. The van der Waals surface area contributed by atoms with E-state index in [0.717, 1.165) is 37.3 Å². The van der Waals surface area contributed by atoms with Crippen molar-refractivity contribution in [3.05, 3.63) is 71.8 Å². The minimum absolute atomic E-state index is 0.0625. The molecule has 2 aromatic carbocycles. The van der Waals surface area contributed by atoms with Crippen LogP contribution in [0.4, 0.5) is 0 Å². The van der Waals surface area contributed by atoms with E-state index in [-0.39, 0.29) is 23.9 Å². The van der Waals surface area contributed by atoms with E-state index in [1.54, 1.807) is 7.05 Å². The minimum atomic E-state index is -0.160.